The maximum atomic E-state index is 13.0. The summed E-state index contributed by atoms with van der Waals surface area (Å²) in [7, 11) is 0. The first-order chi connectivity index (χ1) is 6.06. The van der Waals surface area contributed by atoms with Gasteiger partial charge in [-0.2, -0.15) is 0 Å². The minimum Gasteiger partial charge on any atom is -0.478 e. The van der Waals surface area contributed by atoms with Crippen LogP contribution in [-0.2, 0) is 0 Å². The van der Waals surface area contributed by atoms with E-state index in [0.717, 1.165) is 6.07 Å². The van der Waals surface area contributed by atoms with Gasteiger partial charge in [0.1, 0.15) is 5.69 Å². The molecule has 0 aliphatic rings. The van der Waals surface area contributed by atoms with Crippen molar-refractivity contribution in [3.63, 3.8) is 0 Å². The summed E-state index contributed by atoms with van der Waals surface area (Å²) < 4.78 is 13.5. The van der Waals surface area contributed by atoms with Crippen molar-refractivity contribution in [2.24, 2.45) is 5.18 Å². The molecule has 4 nitrogen and oxygen atoms in total. The molecule has 0 atom stereocenters. The molecule has 0 saturated carbocycles. The van der Waals surface area contributed by atoms with E-state index in [9.17, 15) is 14.1 Å². The number of benzene rings is 1. The van der Waals surface area contributed by atoms with Crippen LogP contribution < -0.4 is 0 Å². The minimum atomic E-state index is -1.42. The van der Waals surface area contributed by atoms with Gasteiger partial charge in [-0.25, -0.2) is 9.18 Å². The van der Waals surface area contributed by atoms with Gasteiger partial charge in [-0.3, -0.25) is 0 Å². The van der Waals surface area contributed by atoms with Gasteiger partial charge in [0, 0.05) is 3.57 Å². The predicted molar refractivity (Wildman–Crippen MR) is 51.5 cm³/mol. The van der Waals surface area contributed by atoms with E-state index >= 15 is 0 Å². The largest absolute Gasteiger partial charge is 0.478 e. The Morgan fingerprint density at radius 3 is 2.62 bits per heavy atom. The molecule has 0 bridgehead atoms. The quantitative estimate of drug-likeness (QED) is 0.673. The van der Waals surface area contributed by atoms with E-state index in [1.165, 1.54) is 6.07 Å². The summed E-state index contributed by atoms with van der Waals surface area (Å²) in [6.07, 6.45) is 0. The summed E-state index contributed by atoms with van der Waals surface area (Å²) >= 11 is 1.78. The third kappa shape index (κ3) is 2.00. The first-order valence-corrected chi connectivity index (χ1v) is 4.20. The number of carboxylic acid groups (broad SMARTS) is 1. The monoisotopic (exact) mass is 295 g/mol. The summed E-state index contributed by atoms with van der Waals surface area (Å²) in [4.78, 5) is 20.5. The van der Waals surface area contributed by atoms with Crippen molar-refractivity contribution in [1.29, 1.82) is 0 Å². The summed E-state index contributed by atoms with van der Waals surface area (Å²) in [5.74, 6) is -2.51. The Kier molecular flexibility index (Phi) is 2.91. The van der Waals surface area contributed by atoms with E-state index in [0.29, 0.717) is 3.57 Å². The second-order valence-electron chi connectivity index (χ2n) is 2.18. The molecule has 0 fully saturated rings. The van der Waals surface area contributed by atoms with Crippen molar-refractivity contribution >= 4 is 34.2 Å². The Bertz CT molecular complexity index is 380. The van der Waals surface area contributed by atoms with Gasteiger partial charge in [-0.1, -0.05) is 0 Å². The molecule has 1 N–H and O–H groups in total. The summed E-state index contributed by atoms with van der Waals surface area (Å²) in [6.45, 7) is 0. The molecule has 6 heteroatoms. The smallest absolute Gasteiger partial charge is 0.338 e. The molecule has 0 radical (unpaired) electrons. The van der Waals surface area contributed by atoms with E-state index < -0.39 is 23.0 Å². The summed E-state index contributed by atoms with van der Waals surface area (Å²) in [6, 6.07) is 2.31. The zero-order valence-electron chi connectivity index (χ0n) is 6.12. The van der Waals surface area contributed by atoms with Gasteiger partial charge in [-0.05, 0) is 39.9 Å². The molecule has 0 aliphatic heterocycles. The molecule has 13 heavy (non-hydrogen) atoms. The number of carbonyl (C=O) groups is 1. The number of nitrogens with zero attached hydrogens (tertiary/aromatic N) is 1. The van der Waals surface area contributed by atoms with Crippen LogP contribution in [0.2, 0.25) is 0 Å². The van der Waals surface area contributed by atoms with Gasteiger partial charge in [0.05, 0.1) is 5.56 Å². The zero-order chi connectivity index (χ0) is 10.0. The lowest BCUT2D eigenvalue weighted by Gasteiger charge is -1.99. The lowest BCUT2D eigenvalue weighted by Crippen LogP contribution is -2.01. The van der Waals surface area contributed by atoms with Crippen LogP contribution in [0.15, 0.2) is 17.3 Å². The normalized spacial score (nSPS) is 9.69. The van der Waals surface area contributed by atoms with Gasteiger partial charge < -0.3 is 5.11 Å². The van der Waals surface area contributed by atoms with Crippen LogP contribution in [0.25, 0.3) is 0 Å². The third-order valence-corrected chi connectivity index (χ3v) is 1.97. The van der Waals surface area contributed by atoms with E-state index in [1.807, 2.05) is 0 Å². The number of carboxylic acids is 1. The standard InChI is InChI=1S/C7H3FINO3/c8-6-4(7(11)12)1-3(9)2-5(6)10-13/h1-2H,(H,11,12). The molecule has 0 aromatic heterocycles. The van der Waals surface area contributed by atoms with Crippen LogP contribution in [0.4, 0.5) is 10.1 Å². The van der Waals surface area contributed by atoms with Gasteiger partial charge in [-0.15, -0.1) is 4.91 Å². The Balaban J connectivity index is 3.44. The fourth-order valence-electron chi connectivity index (χ4n) is 0.797. The van der Waals surface area contributed by atoms with Gasteiger partial charge >= 0.3 is 5.97 Å². The molecular weight excluding hydrogens is 292 g/mol. The molecule has 1 aromatic carbocycles. The SMILES string of the molecule is O=Nc1cc(I)cc(C(=O)O)c1F. The van der Waals surface area contributed by atoms with Crippen LogP contribution >= 0.6 is 22.6 Å². The Labute approximate surface area is 85.9 Å². The maximum Gasteiger partial charge on any atom is 0.338 e. The van der Waals surface area contributed by atoms with Gasteiger partial charge in [0.2, 0.25) is 0 Å². The Hall–Kier alpha value is -1.05. The first-order valence-electron chi connectivity index (χ1n) is 3.12. The van der Waals surface area contributed by atoms with Gasteiger partial charge in [0.25, 0.3) is 0 Å². The number of rotatable bonds is 2. The molecular formula is C7H3FINO3. The van der Waals surface area contributed by atoms with Crippen molar-refractivity contribution in [3.05, 3.63) is 32.0 Å². The number of hydrogen-bond donors (Lipinski definition) is 1. The van der Waals surface area contributed by atoms with E-state index in [-0.39, 0.29) is 0 Å². The molecule has 68 valence electrons. The molecule has 0 unspecified atom stereocenters. The van der Waals surface area contributed by atoms with Crippen LogP contribution in [0, 0.1) is 14.3 Å². The molecule has 1 aromatic rings. The van der Waals surface area contributed by atoms with Crippen LogP contribution in [-0.4, -0.2) is 11.1 Å². The highest BCUT2D eigenvalue weighted by molar-refractivity contribution is 14.1. The number of hydrogen-bond acceptors (Lipinski definition) is 3. The number of nitroso groups, excluding NO2 is 1. The van der Waals surface area contributed by atoms with Crippen molar-refractivity contribution in [2.45, 2.75) is 0 Å². The van der Waals surface area contributed by atoms with Crippen LogP contribution in [0.1, 0.15) is 10.4 Å². The second kappa shape index (κ2) is 3.77. The lowest BCUT2D eigenvalue weighted by atomic mass is 10.2. The molecule has 0 aliphatic carbocycles. The van der Waals surface area contributed by atoms with Crippen molar-refractivity contribution < 1.29 is 14.3 Å². The number of aromatic carboxylic acids is 1. The van der Waals surface area contributed by atoms with E-state index in [4.69, 9.17) is 5.11 Å². The molecule has 0 saturated heterocycles. The zero-order valence-corrected chi connectivity index (χ0v) is 8.28. The van der Waals surface area contributed by atoms with Crippen LogP contribution in [0.5, 0.6) is 0 Å². The van der Waals surface area contributed by atoms with Crippen LogP contribution in [0.3, 0.4) is 0 Å². The fraction of sp³-hybridized carbons (Fsp3) is 0. The van der Waals surface area contributed by atoms with E-state index in [2.05, 4.69) is 5.18 Å². The molecule has 1 rings (SSSR count). The average Bonchev–Trinajstić information content (AvgIpc) is 2.08. The maximum absolute atomic E-state index is 13.0. The predicted octanol–water partition coefficient (Wildman–Crippen LogP) is 2.53. The van der Waals surface area contributed by atoms with Crippen molar-refractivity contribution in [1.82, 2.24) is 0 Å². The highest BCUT2D eigenvalue weighted by atomic mass is 127. The molecule has 0 spiro atoms. The molecule has 0 heterocycles. The highest BCUT2D eigenvalue weighted by Gasteiger charge is 2.15. The highest BCUT2D eigenvalue weighted by Crippen LogP contribution is 2.24. The Morgan fingerprint density at radius 1 is 1.54 bits per heavy atom. The summed E-state index contributed by atoms with van der Waals surface area (Å²) in [5.41, 5.74) is -1.02. The third-order valence-electron chi connectivity index (χ3n) is 1.35. The van der Waals surface area contributed by atoms with Crippen molar-refractivity contribution in [2.75, 3.05) is 0 Å². The van der Waals surface area contributed by atoms with E-state index in [1.54, 1.807) is 22.6 Å². The first kappa shape index (κ1) is 10.0. The van der Waals surface area contributed by atoms with Crippen molar-refractivity contribution in [3.8, 4) is 0 Å². The minimum absolute atomic E-state index is 0.450. The average molecular weight is 295 g/mol. The second-order valence-corrected chi connectivity index (χ2v) is 3.43. The fourth-order valence-corrected chi connectivity index (χ4v) is 1.40. The van der Waals surface area contributed by atoms with Gasteiger partial charge in [0.15, 0.2) is 5.82 Å². The topological polar surface area (TPSA) is 66.7 Å². The molecule has 0 amide bonds. The summed E-state index contributed by atoms with van der Waals surface area (Å²) in [5, 5.41) is 10.9. The Morgan fingerprint density at radius 2 is 2.15 bits per heavy atom. The number of halogens is 2. The lowest BCUT2D eigenvalue weighted by molar-refractivity contribution is 0.0692.